The molecule has 1 nitrogen and oxygen atoms in total. The number of benzene rings is 1. The van der Waals surface area contributed by atoms with Gasteiger partial charge in [0.1, 0.15) is 0 Å². The Morgan fingerprint density at radius 1 is 1.50 bits per heavy atom. The predicted octanol–water partition coefficient (Wildman–Crippen LogP) is 3.34. The van der Waals surface area contributed by atoms with Gasteiger partial charge in [-0.3, -0.25) is 0 Å². The van der Waals surface area contributed by atoms with Gasteiger partial charge >= 0.3 is 0 Å². The van der Waals surface area contributed by atoms with Crippen LogP contribution < -0.4 is 4.74 Å². The average molecular weight is 212 g/mol. The minimum Gasteiger partial charge on any atom is -0.490 e. The molecular formula is C11H13FOS. The molecule has 1 aromatic rings. The molecule has 0 heterocycles. The maximum atomic E-state index is 13.6. The van der Waals surface area contributed by atoms with Gasteiger partial charge in [-0.15, -0.1) is 11.8 Å². The normalized spacial score (nSPS) is 15.6. The van der Waals surface area contributed by atoms with E-state index in [-0.39, 0.29) is 5.82 Å². The van der Waals surface area contributed by atoms with Gasteiger partial charge in [0.25, 0.3) is 0 Å². The van der Waals surface area contributed by atoms with E-state index in [1.165, 1.54) is 24.6 Å². The summed E-state index contributed by atoms with van der Waals surface area (Å²) < 4.78 is 19.0. The average Bonchev–Trinajstić information content (AvgIpc) is 3.00. The molecule has 0 aliphatic heterocycles. The second-order valence-corrected chi connectivity index (χ2v) is 4.37. The van der Waals surface area contributed by atoms with Gasteiger partial charge in [-0.05, 0) is 37.1 Å². The van der Waals surface area contributed by atoms with Crippen molar-refractivity contribution in [3.05, 3.63) is 24.0 Å². The fourth-order valence-corrected chi connectivity index (χ4v) is 1.75. The van der Waals surface area contributed by atoms with Crippen LogP contribution in [-0.4, -0.2) is 12.9 Å². The van der Waals surface area contributed by atoms with Crippen molar-refractivity contribution in [2.45, 2.75) is 17.7 Å². The quantitative estimate of drug-likeness (QED) is 0.708. The molecule has 0 spiro atoms. The standard InChI is InChI=1S/C11H13FOS/c1-14-10-4-2-3-9(11(10)12)13-7-8-5-6-8/h2-4,8H,5-7H2,1H3. The van der Waals surface area contributed by atoms with Crippen LogP contribution in [0.2, 0.25) is 0 Å². The second kappa shape index (κ2) is 4.22. The van der Waals surface area contributed by atoms with Crippen LogP contribution in [0.1, 0.15) is 12.8 Å². The van der Waals surface area contributed by atoms with Gasteiger partial charge < -0.3 is 4.74 Å². The van der Waals surface area contributed by atoms with Crippen molar-refractivity contribution < 1.29 is 9.13 Å². The lowest BCUT2D eigenvalue weighted by Crippen LogP contribution is -2.01. The van der Waals surface area contributed by atoms with Crippen LogP contribution in [0.4, 0.5) is 4.39 Å². The monoisotopic (exact) mass is 212 g/mol. The molecule has 1 aliphatic carbocycles. The Balaban J connectivity index is 2.06. The van der Waals surface area contributed by atoms with E-state index in [4.69, 9.17) is 4.74 Å². The Morgan fingerprint density at radius 3 is 2.93 bits per heavy atom. The van der Waals surface area contributed by atoms with E-state index in [1.807, 2.05) is 12.3 Å². The maximum absolute atomic E-state index is 13.6. The van der Waals surface area contributed by atoms with Gasteiger partial charge in [-0.1, -0.05) is 6.07 Å². The summed E-state index contributed by atoms with van der Waals surface area (Å²) in [5.41, 5.74) is 0. The third-order valence-electron chi connectivity index (χ3n) is 2.32. The Bertz CT molecular complexity index is 323. The van der Waals surface area contributed by atoms with Gasteiger partial charge in [-0.25, -0.2) is 4.39 Å². The minimum atomic E-state index is -0.222. The Labute approximate surface area is 87.7 Å². The highest BCUT2D eigenvalue weighted by Gasteiger charge is 2.22. The lowest BCUT2D eigenvalue weighted by Gasteiger charge is -2.08. The minimum absolute atomic E-state index is 0.222. The molecule has 1 fully saturated rings. The maximum Gasteiger partial charge on any atom is 0.178 e. The molecule has 1 saturated carbocycles. The first-order valence-corrected chi connectivity index (χ1v) is 5.99. The highest BCUT2D eigenvalue weighted by molar-refractivity contribution is 7.98. The first kappa shape index (κ1) is 9.84. The molecule has 0 amide bonds. The first-order chi connectivity index (χ1) is 6.81. The Kier molecular flexibility index (Phi) is 2.96. The van der Waals surface area contributed by atoms with E-state index in [1.54, 1.807) is 12.1 Å². The van der Waals surface area contributed by atoms with Crippen molar-refractivity contribution in [3.63, 3.8) is 0 Å². The molecule has 0 N–H and O–H groups in total. The second-order valence-electron chi connectivity index (χ2n) is 3.53. The van der Waals surface area contributed by atoms with Crippen molar-refractivity contribution in [1.82, 2.24) is 0 Å². The largest absolute Gasteiger partial charge is 0.490 e. The third kappa shape index (κ3) is 2.21. The molecule has 1 aliphatic rings. The fourth-order valence-electron chi connectivity index (χ4n) is 1.25. The van der Waals surface area contributed by atoms with Crippen LogP contribution >= 0.6 is 11.8 Å². The lowest BCUT2D eigenvalue weighted by molar-refractivity contribution is 0.283. The van der Waals surface area contributed by atoms with Crippen LogP contribution in [0, 0.1) is 11.7 Å². The van der Waals surface area contributed by atoms with Crippen molar-refractivity contribution >= 4 is 11.8 Å². The molecule has 2 rings (SSSR count). The molecule has 0 unspecified atom stereocenters. The van der Waals surface area contributed by atoms with Gasteiger partial charge in [0, 0.05) is 4.90 Å². The molecule has 0 atom stereocenters. The van der Waals surface area contributed by atoms with Crippen molar-refractivity contribution in [3.8, 4) is 5.75 Å². The van der Waals surface area contributed by atoms with Crippen molar-refractivity contribution in [2.24, 2.45) is 5.92 Å². The number of thioether (sulfide) groups is 1. The smallest absolute Gasteiger partial charge is 0.178 e. The van der Waals surface area contributed by atoms with E-state index in [9.17, 15) is 4.39 Å². The number of rotatable bonds is 4. The molecule has 0 bridgehead atoms. The zero-order chi connectivity index (χ0) is 9.97. The van der Waals surface area contributed by atoms with Gasteiger partial charge in [0.05, 0.1) is 6.61 Å². The van der Waals surface area contributed by atoms with Crippen LogP contribution in [0.15, 0.2) is 23.1 Å². The zero-order valence-corrected chi connectivity index (χ0v) is 8.94. The summed E-state index contributed by atoms with van der Waals surface area (Å²) in [6.07, 6.45) is 4.32. The Hall–Kier alpha value is -0.700. The van der Waals surface area contributed by atoms with Crippen LogP contribution in [-0.2, 0) is 0 Å². The van der Waals surface area contributed by atoms with Crippen LogP contribution in [0.25, 0.3) is 0 Å². The van der Waals surface area contributed by atoms with E-state index in [2.05, 4.69) is 0 Å². The zero-order valence-electron chi connectivity index (χ0n) is 8.13. The van der Waals surface area contributed by atoms with E-state index >= 15 is 0 Å². The van der Waals surface area contributed by atoms with E-state index < -0.39 is 0 Å². The SMILES string of the molecule is CSc1cccc(OCC2CC2)c1F. The fraction of sp³-hybridized carbons (Fsp3) is 0.455. The highest BCUT2D eigenvalue weighted by atomic mass is 32.2. The van der Waals surface area contributed by atoms with Gasteiger partial charge in [0.15, 0.2) is 11.6 Å². The molecule has 0 saturated heterocycles. The lowest BCUT2D eigenvalue weighted by atomic mass is 10.3. The van der Waals surface area contributed by atoms with Gasteiger partial charge in [0.2, 0.25) is 0 Å². The first-order valence-electron chi connectivity index (χ1n) is 4.76. The summed E-state index contributed by atoms with van der Waals surface area (Å²) in [5.74, 6) is 0.830. The molecule has 3 heteroatoms. The molecule has 76 valence electrons. The highest BCUT2D eigenvalue weighted by Crippen LogP contribution is 2.31. The molecule has 1 aromatic carbocycles. The molecular weight excluding hydrogens is 199 g/mol. The summed E-state index contributed by atoms with van der Waals surface area (Å²) >= 11 is 1.40. The van der Waals surface area contributed by atoms with Crippen LogP contribution in [0.5, 0.6) is 5.75 Å². The van der Waals surface area contributed by atoms with Crippen molar-refractivity contribution in [2.75, 3.05) is 12.9 Å². The molecule has 0 radical (unpaired) electrons. The predicted molar refractivity (Wildman–Crippen MR) is 56.4 cm³/mol. The number of hydrogen-bond donors (Lipinski definition) is 0. The third-order valence-corrected chi connectivity index (χ3v) is 3.07. The number of hydrogen-bond acceptors (Lipinski definition) is 2. The topological polar surface area (TPSA) is 9.23 Å². The summed E-state index contributed by atoms with van der Waals surface area (Å²) in [5, 5.41) is 0. The number of halogens is 1. The summed E-state index contributed by atoms with van der Waals surface area (Å²) in [4.78, 5) is 0.651. The van der Waals surface area contributed by atoms with Gasteiger partial charge in [-0.2, -0.15) is 0 Å². The van der Waals surface area contributed by atoms with Crippen molar-refractivity contribution in [1.29, 1.82) is 0 Å². The summed E-state index contributed by atoms with van der Waals surface area (Å²) in [7, 11) is 0. The van der Waals surface area contributed by atoms with E-state index in [0.717, 1.165) is 0 Å². The summed E-state index contributed by atoms with van der Waals surface area (Å²) in [6.45, 7) is 0.661. The Morgan fingerprint density at radius 2 is 2.29 bits per heavy atom. The number of ether oxygens (including phenoxy) is 1. The van der Waals surface area contributed by atoms with Crippen LogP contribution in [0.3, 0.4) is 0 Å². The summed E-state index contributed by atoms with van der Waals surface area (Å²) in [6, 6.07) is 5.29. The van der Waals surface area contributed by atoms with E-state index in [0.29, 0.717) is 23.2 Å². The molecule has 0 aromatic heterocycles. The molecule has 14 heavy (non-hydrogen) atoms.